The Balaban J connectivity index is 2.14. The lowest BCUT2D eigenvalue weighted by molar-refractivity contribution is 0.105. The summed E-state index contributed by atoms with van der Waals surface area (Å²) in [4.78, 5) is 12.5. The lowest BCUT2D eigenvalue weighted by Gasteiger charge is -1.90. The molecule has 0 aromatic carbocycles. The molecule has 0 aliphatic rings. The van der Waals surface area contributed by atoms with Gasteiger partial charge in [-0.15, -0.1) is 11.3 Å². The molecule has 2 rings (SSSR count). The van der Waals surface area contributed by atoms with E-state index in [0.29, 0.717) is 0 Å². The van der Waals surface area contributed by atoms with E-state index >= 15 is 0 Å². The highest BCUT2D eigenvalue weighted by Gasteiger charge is 2.07. The number of hydrogen-bond acceptors (Lipinski definition) is 3. The van der Waals surface area contributed by atoms with Gasteiger partial charge in [-0.3, -0.25) is 4.79 Å². The third-order valence-corrected chi connectivity index (χ3v) is 4.37. The van der Waals surface area contributed by atoms with Crippen LogP contribution in [0.1, 0.15) is 15.2 Å². The van der Waals surface area contributed by atoms with Crippen LogP contribution in [0.25, 0.3) is 6.08 Å². The van der Waals surface area contributed by atoms with Crippen LogP contribution < -0.4 is 0 Å². The molecular formula is C11H7BrOS2. The van der Waals surface area contributed by atoms with Crippen LogP contribution in [-0.2, 0) is 0 Å². The molecule has 0 aliphatic heterocycles. The van der Waals surface area contributed by atoms with E-state index in [-0.39, 0.29) is 5.78 Å². The van der Waals surface area contributed by atoms with Gasteiger partial charge >= 0.3 is 0 Å². The van der Waals surface area contributed by atoms with E-state index in [4.69, 9.17) is 0 Å². The normalized spacial score (nSPS) is 11.0. The van der Waals surface area contributed by atoms with Gasteiger partial charge in [0, 0.05) is 4.47 Å². The molecule has 0 aliphatic carbocycles. The predicted octanol–water partition coefficient (Wildman–Crippen LogP) is 4.47. The van der Waals surface area contributed by atoms with Gasteiger partial charge in [0.1, 0.15) is 0 Å². The fraction of sp³-hybridized carbons (Fsp3) is 0. The van der Waals surface area contributed by atoms with Crippen molar-refractivity contribution in [3.8, 4) is 0 Å². The van der Waals surface area contributed by atoms with Crippen molar-refractivity contribution < 1.29 is 4.79 Å². The lowest BCUT2D eigenvalue weighted by atomic mass is 10.2. The van der Waals surface area contributed by atoms with Crippen LogP contribution in [0.15, 0.2) is 38.8 Å². The molecule has 0 atom stereocenters. The molecule has 0 radical (unpaired) electrons. The predicted molar refractivity (Wildman–Crippen MR) is 69.7 cm³/mol. The topological polar surface area (TPSA) is 17.1 Å². The Kier molecular flexibility index (Phi) is 3.51. The molecule has 2 aromatic heterocycles. The van der Waals surface area contributed by atoms with Gasteiger partial charge in [0.05, 0.1) is 4.88 Å². The molecule has 1 nitrogen and oxygen atoms in total. The minimum atomic E-state index is 0.0445. The quantitative estimate of drug-likeness (QED) is 0.604. The molecule has 0 unspecified atom stereocenters. The van der Waals surface area contributed by atoms with Gasteiger partial charge in [-0.05, 0) is 55.8 Å². The number of hydrogen-bond donors (Lipinski definition) is 0. The van der Waals surface area contributed by atoms with Crippen molar-refractivity contribution in [2.24, 2.45) is 0 Å². The number of carbonyl (C=O) groups excluding carboxylic acids is 1. The molecule has 2 aromatic rings. The first-order valence-corrected chi connectivity index (χ1v) is 6.86. The molecule has 0 saturated heterocycles. The van der Waals surface area contributed by atoms with Crippen molar-refractivity contribution in [1.29, 1.82) is 0 Å². The third-order valence-electron chi connectivity index (χ3n) is 1.81. The van der Waals surface area contributed by atoms with E-state index < -0.39 is 0 Å². The van der Waals surface area contributed by atoms with E-state index in [9.17, 15) is 4.79 Å². The van der Waals surface area contributed by atoms with Gasteiger partial charge < -0.3 is 0 Å². The minimum absolute atomic E-state index is 0.0445. The summed E-state index contributed by atoms with van der Waals surface area (Å²) in [7, 11) is 0. The molecule has 2 heterocycles. The summed E-state index contributed by atoms with van der Waals surface area (Å²) < 4.78 is 0.868. The van der Waals surface area contributed by atoms with Gasteiger partial charge in [-0.25, -0.2) is 0 Å². The molecule has 0 N–H and O–H groups in total. The van der Waals surface area contributed by atoms with Gasteiger partial charge in [0.2, 0.25) is 0 Å². The number of rotatable bonds is 3. The number of thiophene rings is 2. The Morgan fingerprint density at radius 2 is 2.20 bits per heavy atom. The smallest absolute Gasteiger partial charge is 0.196 e. The van der Waals surface area contributed by atoms with Crippen molar-refractivity contribution in [3.05, 3.63) is 49.3 Å². The number of ketones is 1. The summed E-state index contributed by atoms with van der Waals surface area (Å²) in [5.74, 6) is 0.0445. The first-order chi connectivity index (χ1) is 7.27. The molecule has 0 saturated carbocycles. The molecule has 0 bridgehead atoms. The average molecular weight is 299 g/mol. The average Bonchev–Trinajstić information content (AvgIpc) is 2.84. The van der Waals surface area contributed by atoms with E-state index in [0.717, 1.165) is 14.9 Å². The van der Waals surface area contributed by atoms with Crippen LogP contribution in [0.4, 0.5) is 0 Å². The molecule has 0 amide bonds. The van der Waals surface area contributed by atoms with Crippen LogP contribution >= 0.6 is 38.6 Å². The Morgan fingerprint density at radius 3 is 2.80 bits per heavy atom. The first-order valence-electron chi connectivity index (χ1n) is 4.25. The second-order valence-corrected chi connectivity index (χ2v) is 5.40. The van der Waals surface area contributed by atoms with Crippen molar-refractivity contribution in [2.75, 3.05) is 0 Å². The fourth-order valence-corrected chi connectivity index (χ4v) is 3.20. The maximum atomic E-state index is 11.7. The van der Waals surface area contributed by atoms with Crippen LogP contribution in [-0.4, -0.2) is 5.78 Å². The van der Waals surface area contributed by atoms with Crippen LogP contribution in [0.3, 0.4) is 0 Å². The zero-order valence-electron chi connectivity index (χ0n) is 7.64. The van der Waals surface area contributed by atoms with Crippen molar-refractivity contribution in [1.82, 2.24) is 0 Å². The van der Waals surface area contributed by atoms with Crippen molar-refractivity contribution >= 4 is 50.5 Å². The largest absolute Gasteiger partial charge is 0.288 e. The van der Waals surface area contributed by atoms with E-state index in [1.807, 2.05) is 34.3 Å². The maximum absolute atomic E-state index is 11.7. The summed E-state index contributed by atoms with van der Waals surface area (Å²) in [6.07, 6.45) is 3.45. The van der Waals surface area contributed by atoms with Gasteiger partial charge in [0.15, 0.2) is 5.78 Å². The second-order valence-electron chi connectivity index (χ2n) is 2.85. The number of allylic oxidation sites excluding steroid dienone is 1. The van der Waals surface area contributed by atoms with Crippen LogP contribution in [0.5, 0.6) is 0 Å². The van der Waals surface area contributed by atoms with Crippen molar-refractivity contribution in [2.45, 2.75) is 0 Å². The number of halogens is 1. The SMILES string of the molecule is O=C(/C=C\c1ccsc1)c1sccc1Br. The molecule has 0 fully saturated rings. The number of carbonyl (C=O) groups is 1. The summed E-state index contributed by atoms with van der Waals surface area (Å²) in [6.45, 7) is 0. The summed E-state index contributed by atoms with van der Waals surface area (Å²) >= 11 is 6.42. The highest BCUT2D eigenvalue weighted by atomic mass is 79.9. The molecule has 4 heteroatoms. The molecule has 0 spiro atoms. The molecule has 76 valence electrons. The second kappa shape index (κ2) is 4.88. The Hall–Kier alpha value is -0.710. The Morgan fingerprint density at radius 1 is 1.33 bits per heavy atom. The van der Waals surface area contributed by atoms with E-state index in [2.05, 4.69) is 15.9 Å². The minimum Gasteiger partial charge on any atom is -0.288 e. The van der Waals surface area contributed by atoms with Gasteiger partial charge in [-0.2, -0.15) is 11.3 Å². The van der Waals surface area contributed by atoms with Gasteiger partial charge in [0.25, 0.3) is 0 Å². The Bertz CT molecular complexity index is 482. The lowest BCUT2D eigenvalue weighted by Crippen LogP contribution is -1.89. The third kappa shape index (κ3) is 2.65. The zero-order chi connectivity index (χ0) is 10.7. The Labute approximate surface area is 104 Å². The zero-order valence-corrected chi connectivity index (χ0v) is 10.9. The summed E-state index contributed by atoms with van der Waals surface area (Å²) in [5, 5.41) is 5.90. The van der Waals surface area contributed by atoms with E-state index in [1.165, 1.54) is 11.3 Å². The van der Waals surface area contributed by atoms with Crippen LogP contribution in [0.2, 0.25) is 0 Å². The fourth-order valence-electron chi connectivity index (χ4n) is 1.09. The molecule has 15 heavy (non-hydrogen) atoms. The molecular weight excluding hydrogens is 292 g/mol. The summed E-state index contributed by atoms with van der Waals surface area (Å²) in [5.41, 5.74) is 1.07. The first kappa shape index (κ1) is 10.8. The summed E-state index contributed by atoms with van der Waals surface area (Å²) in [6, 6.07) is 3.87. The van der Waals surface area contributed by atoms with E-state index in [1.54, 1.807) is 17.4 Å². The highest BCUT2D eigenvalue weighted by molar-refractivity contribution is 9.10. The van der Waals surface area contributed by atoms with Crippen molar-refractivity contribution in [3.63, 3.8) is 0 Å². The standard InChI is InChI=1S/C11H7BrOS2/c12-9-4-6-15-11(9)10(13)2-1-8-3-5-14-7-8/h1-7H/b2-1-. The van der Waals surface area contributed by atoms with Crippen LogP contribution in [0, 0.1) is 0 Å². The van der Waals surface area contributed by atoms with Gasteiger partial charge in [-0.1, -0.05) is 6.08 Å². The highest BCUT2D eigenvalue weighted by Crippen LogP contribution is 2.23. The monoisotopic (exact) mass is 298 g/mol. The maximum Gasteiger partial charge on any atom is 0.196 e.